The van der Waals surface area contributed by atoms with Gasteiger partial charge in [-0.1, -0.05) is 6.07 Å². The van der Waals surface area contributed by atoms with Crippen molar-refractivity contribution in [3.05, 3.63) is 84.6 Å². The lowest BCUT2D eigenvalue weighted by molar-refractivity contribution is 0.414. The van der Waals surface area contributed by atoms with Crippen LogP contribution in [0.1, 0.15) is 11.3 Å². The second kappa shape index (κ2) is 9.14. The minimum Gasteiger partial charge on any atom is -0.494 e. The quantitative estimate of drug-likeness (QED) is 0.398. The maximum Gasteiger partial charge on any atom is 0.193 e. The molecular weight excluding hydrogens is 433 g/mol. The maximum atomic E-state index is 15.2. The number of aryl methyl sites for hydroxylation is 1. The number of hydrogen-bond acceptors (Lipinski definition) is 8. The van der Waals surface area contributed by atoms with Crippen LogP contribution in [-0.4, -0.2) is 37.0 Å². The zero-order valence-electron chi connectivity index (χ0n) is 18.5. The summed E-state index contributed by atoms with van der Waals surface area (Å²) in [4.78, 5) is 25.5. The summed E-state index contributed by atoms with van der Waals surface area (Å²) < 4.78 is 20.8. The molecule has 5 aromatic heterocycles. The van der Waals surface area contributed by atoms with Gasteiger partial charge in [-0.25, -0.2) is 14.4 Å². The zero-order chi connectivity index (χ0) is 23.5. The van der Waals surface area contributed by atoms with Gasteiger partial charge in [0, 0.05) is 41.8 Å². The summed E-state index contributed by atoms with van der Waals surface area (Å²) in [5.41, 5.74) is 4.56. The van der Waals surface area contributed by atoms with Gasteiger partial charge in [0.2, 0.25) is 0 Å². The normalized spacial score (nSPS) is 10.9. The number of aromatic nitrogens is 6. The number of methoxy groups -OCH3 is 1. The molecule has 0 radical (unpaired) electrons. The fourth-order valence-corrected chi connectivity index (χ4v) is 3.61. The minimum absolute atomic E-state index is 0.0749. The Balaban J connectivity index is 1.39. The van der Waals surface area contributed by atoms with E-state index in [0.29, 0.717) is 23.7 Å². The molecule has 0 amide bonds. The predicted octanol–water partition coefficient (Wildman–Crippen LogP) is 4.61. The van der Waals surface area contributed by atoms with Gasteiger partial charge in [-0.05, 0) is 42.8 Å². The van der Waals surface area contributed by atoms with Gasteiger partial charge in [-0.3, -0.25) is 19.9 Å². The van der Waals surface area contributed by atoms with E-state index in [4.69, 9.17) is 4.74 Å². The number of anilines is 1. The predicted molar refractivity (Wildman–Crippen MR) is 127 cm³/mol. The molecule has 0 saturated heterocycles. The fourth-order valence-electron chi connectivity index (χ4n) is 3.61. The van der Waals surface area contributed by atoms with Crippen molar-refractivity contribution in [3.63, 3.8) is 0 Å². The van der Waals surface area contributed by atoms with Crippen molar-refractivity contribution in [2.75, 3.05) is 12.4 Å². The number of nitrogens with one attached hydrogen (secondary N) is 1. The van der Waals surface area contributed by atoms with Gasteiger partial charge in [0.05, 0.1) is 24.5 Å². The van der Waals surface area contributed by atoms with Crippen LogP contribution in [0.3, 0.4) is 0 Å². The smallest absolute Gasteiger partial charge is 0.193 e. The third-order valence-corrected chi connectivity index (χ3v) is 5.28. The molecule has 0 fully saturated rings. The van der Waals surface area contributed by atoms with E-state index in [9.17, 15) is 0 Å². The molecule has 0 bridgehead atoms. The van der Waals surface area contributed by atoms with Crippen LogP contribution in [0.25, 0.3) is 33.5 Å². The van der Waals surface area contributed by atoms with Crippen molar-refractivity contribution >= 4 is 16.7 Å². The van der Waals surface area contributed by atoms with Crippen molar-refractivity contribution in [1.82, 2.24) is 29.9 Å². The van der Waals surface area contributed by atoms with E-state index < -0.39 is 5.82 Å². The lowest BCUT2D eigenvalue weighted by Crippen LogP contribution is -2.07. The number of ether oxygens (including phenoxy) is 1. The lowest BCUT2D eigenvalue weighted by atomic mass is 10.1. The molecule has 0 aliphatic rings. The molecule has 0 saturated carbocycles. The molecule has 5 heterocycles. The Morgan fingerprint density at radius 3 is 2.68 bits per heavy atom. The van der Waals surface area contributed by atoms with E-state index in [1.54, 1.807) is 38.0 Å². The Morgan fingerprint density at radius 2 is 1.82 bits per heavy atom. The van der Waals surface area contributed by atoms with E-state index in [1.165, 1.54) is 6.33 Å². The number of halogens is 1. The molecule has 0 aliphatic carbocycles. The van der Waals surface area contributed by atoms with Crippen LogP contribution >= 0.6 is 0 Å². The minimum atomic E-state index is -0.581. The molecule has 9 heteroatoms. The first-order valence-electron chi connectivity index (χ1n) is 10.5. The van der Waals surface area contributed by atoms with Crippen molar-refractivity contribution in [3.8, 4) is 28.4 Å². The van der Waals surface area contributed by atoms with E-state index in [-0.39, 0.29) is 11.5 Å². The molecule has 168 valence electrons. The van der Waals surface area contributed by atoms with Gasteiger partial charge in [0.15, 0.2) is 11.6 Å². The molecule has 5 aromatic rings. The first kappa shape index (κ1) is 21.3. The molecule has 0 atom stereocenters. The van der Waals surface area contributed by atoms with Gasteiger partial charge in [0.1, 0.15) is 23.5 Å². The average Bonchev–Trinajstić information content (AvgIpc) is 2.87. The van der Waals surface area contributed by atoms with E-state index in [2.05, 4.69) is 35.2 Å². The second-order valence-electron chi connectivity index (χ2n) is 7.58. The summed E-state index contributed by atoms with van der Waals surface area (Å²) in [5, 5.41) is 3.87. The number of fused-ring (bicyclic) bond motifs is 1. The Labute approximate surface area is 195 Å². The van der Waals surface area contributed by atoms with Crippen molar-refractivity contribution < 1.29 is 9.13 Å². The Morgan fingerprint density at radius 1 is 0.912 bits per heavy atom. The molecule has 0 aliphatic heterocycles. The largest absolute Gasteiger partial charge is 0.494 e. The Kier molecular flexibility index (Phi) is 5.73. The SMILES string of the molecule is COc1cc(CNc2ncnc(-c3cc4cccnc4cn3)c2F)cnc1-c1ccnc(C)c1. The van der Waals surface area contributed by atoms with Crippen molar-refractivity contribution in [1.29, 1.82) is 0 Å². The van der Waals surface area contributed by atoms with Crippen molar-refractivity contribution in [2.45, 2.75) is 13.5 Å². The van der Waals surface area contributed by atoms with E-state index in [0.717, 1.165) is 27.7 Å². The maximum absolute atomic E-state index is 15.2. The molecule has 8 nitrogen and oxygen atoms in total. The highest BCUT2D eigenvalue weighted by molar-refractivity contribution is 5.81. The third-order valence-electron chi connectivity index (χ3n) is 5.28. The average molecular weight is 453 g/mol. The summed E-state index contributed by atoms with van der Waals surface area (Å²) in [6.45, 7) is 2.21. The second-order valence-corrected chi connectivity index (χ2v) is 7.58. The first-order chi connectivity index (χ1) is 16.6. The molecular formula is C25H20FN7O. The summed E-state index contributed by atoms with van der Waals surface area (Å²) >= 11 is 0. The van der Waals surface area contributed by atoms with Gasteiger partial charge < -0.3 is 10.1 Å². The highest BCUT2D eigenvalue weighted by Crippen LogP contribution is 2.29. The Bertz CT molecular complexity index is 1490. The van der Waals surface area contributed by atoms with Crippen LogP contribution in [0.4, 0.5) is 10.2 Å². The first-order valence-corrected chi connectivity index (χ1v) is 10.5. The number of nitrogens with zero attached hydrogens (tertiary/aromatic N) is 6. The van der Waals surface area contributed by atoms with Crippen LogP contribution in [0.2, 0.25) is 0 Å². The summed E-state index contributed by atoms with van der Waals surface area (Å²) in [5.74, 6) is 0.107. The van der Waals surface area contributed by atoms with Crippen molar-refractivity contribution in [2.24, 2.45) is 0 Å². The van der Waals surface area contributed by atoms with Crippen LogP contribution in [-0.2, 0) is 6.54 Å². The molecule has 0 unspecified atom stereocenters. The molecule has 0 aromatic carbocycles. The number of hydrogen-bond donors (Lipinski definition) is 1. The zero-order valence-corrected chi connectivity index (χ0v) is 18.5. The summed E-state index contributed by atoms with van der Waals surface area (Å²) in [7, 11) is 1.59. The highest BCUT2D eigenvalue weighted by atomic mass is 19.1. The van der Waals surface area contributed by atoms with Crippen LogP contribution in [0, 0.1) is 12.7 Å². The molecule has 1 N–H and O–H groups in total. The topological polar surface area (TPSA) is 98.6 Å². The summed E-state index contributed by atoms with van der Waals surface area (Å²) in [6.07, 6.45) is 8.05. The molecule has 5 rings (SSSR count). The highest BCUT2D eigenvalue weighted by Gasteiger charge is 2.15. The van der Waals surface area contributed by atoms with Gasteiger partial charge in [0.25, 0.3) is 0 Å². The third kappa shape index (κ3) is 4.23. The van der Waals surface area contributed by atoms with E-state index in [1.807, 2.05) is 37.3 Å². The van der Waals surface area contributed by atoms with Crippen LogP contribution in [0.5, 0.6) is 5.75 Å². The number of pyridine rings is 4. The van der Waals surface area contributed by atoms with Crippen LogP contribution < -0.4 is 10.1 Å². The lowest BCUT2D eigenvalue weighted by Gasteiger charge is -2.12. The molecule has 0 spiro atoms. The Hall–Kier alpha value is -4.53. The van der Waals surface area contributed by atoms with Crippen LogP contribution in [0.15, 0.2) is 67.5 Å². The summed E-state index contributed by atoms with van der Waals surface area (Å²) in [6, 6.07) is 11.2. The van der Waals surface area contributed by atoms with Gasteiger partial charge in [-0.2, -0.15) is 0 Å². The van der Waals surface area contributed by atoms with Gasteiger partial charge in [-0.15, -0.1) is 0 Å². The number of rotatable bonds is 6. The van der Waals surface area contributed by atoms with E-state index >= 15 is 4.39 Å². The molecule has 34 heavy (non-hydrogen) atoms. The van der Waals surface area contributed by atoms with Gasteiger partial charge >= 0.3 is 0 Å². The monoisotopic (exact) mass is 453 g/mol. The fraction of sp³-hybridized carbons (Fsp3) is 0.120. The standard InChI is InChI=1S/C25H20FN7O/c1-15-8-18(5-7-27-15)23-21(34-2)9-16(11-30-23)12-31-25-22(26)24(32-14-33-25)19-10-17-4-3-6-28-20(17)13-29-19/h3-11,13-14H,12H2,1-2H3,(H,31,32,33).